The van der Waals surface area contributed by atoms with Gasteiger partial charge in [-0.25, -0.2) is 42.0 Å². The van der Waals surface area contributed by atoms with Gasteiger partial charge in [0.05, 0.1) is 105 Å². The molecular formula is C63H69N10O4+3. The number of aryl methyl sites for hydroxylation is 9. The molecule has 11 rings (SSSR count). The second kappa shape index (κ2) is 23.2. The minimum Gasteiger partial charge on any atom is -0.462 e. The Labute approximate surface area is 449 Å². The van der Waals surface area contributed by atoms with Crippen LogP contribution in [0.4, 0.5) is 0 Å². The van der Waals surface area contributed by atoms with Gasteiger partial charge in [0.15, 0.2) is 0 Å². The van der Waals surface area contributed by atoms with E-state index in [0.717, 1.165) is 133 Å². The molecule has 0 spiro atoms. The maximum atomic E-state index is 14.8. The molecule has 0 fully saturated rings. The van der Waals surface area contributed by atoms with Gasteiger partial charge in [0, 0.05) is 40.5 Å². The van der Waals surface area contributed by atoms with Crippen LogP contribution in [0.2, 0.25) is 0 Å². The summed E-state index contributed by atoms with van der Waals surface area (Å²) in [6.45, 7) is 3.90. The smallest absolute Gasteiger partial charge is 0.339 e. The Morgan fingerprint density at radius 1 is 0.455 bits per heavy atom. The lowest BCUT2D eigenvalue weighted by Crippen LogP contribution is -2.23. The topological polar surface area (TPSA) is 107 Å². The minimum atomic E-state index is -0.561. The van der Waals surface area contributed by atoms with Crippen LogP contribution < -0.4 is 13.7 Å². The van der Waals surface area contributed by atoms with E-state index in [1.54, 1.807) is 0 Å². The largest absolute Gasteiger partial charge is 0.462 e. The number of esters is 2. The molecule has 0 aliphatic rings. The number of nitrogens with zero attached hydrogens (tertiary/aromatic N) is 10. The molecule has 392 valence electrons. The maximum absolute atomic E-state index is 14.8. The van der Waals surface area contributed by atoms with Gasteiger partial charge in [-0.2, -0.15) is 0 Å². The third-order valence-corrected chi connectivity index (χ3v) is 14.9. The third-order valence-electron chi connectivity index (χ3n) is 14.9. The number of imidazole rings is 4. The van der Waals surface area contributed by atoms with Crippen molar-refractivity contribution in [3.05, 3.63) is 194 Å². The first-order valence-corrected chi connectivity index (χ1v) is 27.3. The summed E-state index contributed by atoms with van der Waals surface area (Å²) in [6.07, 6.45) is 33.3. The first kappa shape index (κ1) is 50.6. The van der Waals surface area contributed by atoms with E-state index in [1.165, 1.54) is 11.1 Å². The SMILES string of the molecule is C[n+]1ccn(CCCCOC(=O)c2cc(-n3c4ccccc4c4cc(CCCCn5ccnc5)ccc43)c(-n3c4ccccc4c4cc(CCCCn5cc[n+](C)c5)ccc43)cc2C(=O)OCCCCn2cc[n+](C)c2)c1. The molecule has 6 heterocycles. The summed E-state index contributed by atoms with van der Waals surface area (Å²) in [5, 5.41) is 4.45. The molecule has 5 aromatic carbocycles. The van der Waals surface area contributed by atoms with Crippen molar-refractivity contribution in [1.29, 1.82) is 0 Å². The molecule has 0 aliphatic heterocycles. The van der Waals surface area contributed by atoms with Crippen molar-refractivity contribution in [3.63, 3.8) is 0 Å². The summed E-state index contributed by atoms with van der Waals surface area (Å²) < 4.78 is 31.6. The van der Waals surface area contributed by atoms with E-state index >= 15 is 0 Å². The van der Waals surface area contributed by atoms with Crippen molar-refractivity contribution in [1.82, 2.24) is 32.4 Å². The van der Waals surface area contributed by atoms with E-state index in [4.69, 9.17) is 9.47 Å². The van der Waals surface area contributed by atoms with Gasteiger partial charge >= 0.3 is 11.9 Å². The van der Waals surface area contributed by atoms with E-state index in [-0.39, 0.29) is 24.3 Å². The van der Waals surface area contributed by atoms with Crippen molar-refractivity contribution in [2.75, 3.05) is 13.2 Å². The number of hydrogen-bond acceptors (Lipinski definition) is 5. The summed E-state index contributed by atoms with van der Waals surface area (Å²) in [4.78, 5) is 33.9. The van der Waals surface area contributed by atoms with Crippen LogP contribution in [0.1, 0.15) is 83.2 Å². The lowest BCUT2D eigenvalue weighted by atomic mass is 10.0. The van der Waals surface area contributed by atoms with E-state index < -0.39 is 11.9 Å². The van der Waals surface area contributed by atoms with Crippen molar-refractivity contribution in [2.24, 2.45) is 21.1 Å². The van der Waals surface area contributed by atoms with Gasteiger partial charge in [0.2, 0.25) is 19.0 Å². The van der Waals surface area contributed by atoms with Crippen molar-refractivity contribution < 1.29 is 32.8 Å². The highest BCUT2D eigenvalue weighted by Gasteiger charge is 2.28. The Kier molecular flexibility index (Phi) is 15.2. The Bertz CT molecular complexity index is 3830. The van der Waals surface area contributed by atoms with Gasteiger partial charge < -0.3 is 23.2 Å². The Balaban J connectivity index is 1.01. The average molecular weight is 1030 g/mol. The normalized spacial score (nSPS) is 11.7. The molecule has 77 heavy (non-hydrogen) atoms. The van der Waals surface area contributed by atoms with Crippen LogP contribution in [0.3, 0.4) is 0 Å². The third kappa shape index (κ3) is 11.4. The summed E-state index contributed by atoms with van der Waals surface area (Å²) in [7, 11) is 6.05. The zero-order valence-corrected chi connectivity index (χ0v) is 44.6. The number of unbranched alkanes of at least 4 members (excludes halogenated alkanes) is 4. The lowest BCUT2D eigenvalue weighted by Gasteiger charge is -2.20. The highest BCUT2D eigenvalue weighted by molar-refractivity contribution is 6.13. The molecule has 0 saturated carbocycles. The zero-order chi connectivity index (χ0) is 52.7. The number of carbonyl (C=O) groups excluding carboxylic acids is 2. The first-order chi connectivity index (χ1) is 37.7. The molecular weight excluding hydrogens is 961 g/mol. The molecule has 0 aliphatic carbocycles. The van der Waals surface area contributed by atoms with Crippen LogP contribution in [-0.4, -0.2) is 57.5 Å². The molecule has 0 saturated heterocycles. The molecule has 6 aromatic heterocycles. The second-order valence-electron chi connectivity index (χ2n) is 20.6. The fourth-order valence-electron chi connectivity index (χ4n) is 11.0. The van der Waals surface area contributed by atoms with Crippen LogP contribution in [0.15, 0.2) is 172 Å². The Hall–Kier alpha value is -8.52. The molecule has 0 unspecified atom stereocenters. The van der Waals surface area contributed by atoms with E-state index in [0.29, 0.717) is 12.8 Å². The number of carbonyl (C=O) groups is 2. The monoisotopic (exact) mass is 1030 g/mol. The van der Waals surface area contributed by atoms with Crippen LogP contribution >= 0.6 is 0 Å². The molecule has 0 amide bonds. The fraction of sp³-hybridized carbons (Fsp3) is 0.302. The molecule has 11 aromatic rings. The number of rotatable bonds is 24. The fourth-order valence-corrected chi connectivity index (χ4v) is 11.0. The van der Waals surface area contributed by atoms with Gasteiger partial charge in [-0.05, 0) is 124 Å². The predicted molar refractivity (Wildman–Crippen MR) is 299 cm³/mol. The van der Waals surface area contributed by atoms with Crippen LogP contribution in [-0.2, 0) is 69.6 Å². The highest BCUT2D eigenvalue weighted by Crippen LogP contribution is 2.40. The van der Waals surface area contributed by atoms with Crippen LogP contribution in [0.5, 0.6) is 0 Å². The summed E-state index contributed by atoms with van der Waals surface area (Å²) >= 11 is 0. The predicted octanol–water partition coefficient (Wildman–Crippen LogP) is 10.3. The molecule has 14 nitrogen and oxygen atoms in total. The molecule has 0 atom stereocenters. The lowest BCUT2D eigenvalue weighted by molar-refractivity contribution is -0.671. The number of aromatic nitrogens is 10. The zero-order valence-electron chi connectivity index (χ0n) is 44.6. The number of hydrogen-bond donors (Lipinski definition) is 0. The minimum absolute atomic E-state index is 0.170. The maximum Gasteiger partial charge on any atom is 0.339 e. The number of para-hydroxylation sites is 2. The molecule has 0 bridgehead atoms. The van der Waals surface area contributed by atoms with Gasteiger partial charge in [-0.3, -0.25) is 0 Å². The van der Waals surface area contributed by atoms with Gasteiger partial charge in [0.1, 0.15) is 37.2 Å². The van der Waals surface area contributed by atoms with Gasteiger partial charge in [-0.1, -0.05) is 48.5 Å². The summed E-state index contributed by atoms with van der Waals surface area (Å²) in [6, 6.07) is 34.4. The summed E-state index contributed by atoms with van der Waals surface area (Å²) in [5.74, 6) is -1.12. The van der Waals surface area contributed by atoms with Gasteiger partial charge in [-0.15, -0.1) is 0 Å². The molecule has 14 heteroatoms. The molecule has 0 radical (unpaired) electrons. The van der Waals surface area contributed by atoms with Crippen molar-refractivity contribution in [2.45, 2.75) is 90.4 Å². The second-order valence-corrected chi connectivity index (χ2v) is 20.6. The van der Waals surface area contributed by atoms with E-state index in [9.17, 15) is 9.59 Å². The summed E-state index contributed by atoms with van der Waals surface area (Å²) in [5.41, 5.74) is 8.35. The Morgan fingerprint density at radius 3 is 1.29 bits per heavy atom. The van der Waals surface area contributed by atoms with Gasteiger partial charge in [0.25, 0.3) is 0 Å². The van der Waals surface area contributed by atoms with Crippen LogP contribution in [0, 0.1) is 0 Å². The number of fused-ring (bicyclic) bond motifs is 6. The first-order valence-electron chi connectivity index (χ1n) is 27.3. The van der Waals surface area contributed by atoms with Crippen molar-refractivity contribution in [3.8, 4) is 11.4 Å². The molecule has 0 N–H and O–H groups in total. The number of benzene rings is 5. The van der Waals surface area contributed by atoms with Crippen LogP contribution in [0.25, 0.3) is 55.0 Å². The standard InChI is InChI=1S/C63H69N10O4/c1-65-32-35-69(45-65)28-11-9-17-49-23-25-59-53(41-49)51-19-5-7-21-57(51)73(59)61-43-55(63(75)77-39-15-13-30-71-37-34-67(3)47-71)54(62(74)76-38-14-12-29-70-36-33-66(2)46-70)42-60(61)72-56-20-6-4-18-50(56)52-40-48(22-24-58(52)72)16-8-10-27-68-31-26-64-44-68/h4-7,18-26,31-37,40-47H,8-17,27-30,38-39H2,1-3H3/q+3. The number of ether oxygens (including phenoxy) is 2. The highest BCUT2D eigenvalue weighted by atomic mass is 16.5. The quantitative estimate of drug-likeness (QED) is 0.0341. The van der Waals surface area contributed by atoms with E-state index in [1.807, 2.05) is 91.5 Å². The Morgan fingerprint density at radius 2 is 0.870 bits per heavy atom. The average Bonchev–Trinajstić information content (AvgIpc) is 4.38. The van der Waals surface area contributed by atoms with E-state index in [2.05, 4.69) is 148 Å². The van der Waals surface area contributed by atoms with Crippen molar-refractivity contribution >= 4 is 55.6 Å².